The molecular formula is C74H65N3O21S. The fourth-order valence-corrected chi connectivity index (χ4v) is 10.5. The summed E-state index contributed by atoms with van der Waals surface area (Å²) in [7, 11) is 1.09. The molecule has 3 N–H and O–H groups in total. The summed E-state index contributed by atoms with van der Waals surface area (Å²) in [6.07, 6.45) is -20.3. The standard InChI is InChI=1S/C74H65N3O21S/c1-87-71(85)54(76-74(86)90-43-46-26-10-2-11-27-46)42-75-73(99)77-63-61(96-69(83)52-38-22-8-23-39-52)59(94-67(81)50-34-18-6-19-35-50)58(55(91-63)44-88-64(78)47-28-12-3-13-29-47)98-72-62(97-70(84)53-40-24-9-25-41-53)60(95-68(82)51-36-20-7-21-37-51)57(93-66(80)49-32-16-5-17-33-49)56(92-72)45-89-65(79)48-30-14-4-15-31-48/h2-41,54-63,72H,42-45H2,1H3,(H,76,86)(H2,75,77,99)/t54-,55?,56?,57-,58+,59?,60?,61?,62?,63+,72-/m0/s1. The van der Waals surface area contributed by atoms with Crippen LogP contribution in [0.3, 0.4) is 0 Å². The summed E-state index contributed by atoms with van der Waals surface area (Å²) in [5.41, 5.74) is 0.662. The Hall–Kier alpha value is -11.6. The van der Waals surface area contributed by atoms with Crippen LogP contribution in [0.2, 0.25) is 0 Å². The number of nitrogens with one attached hydrogen (secondary N) is 3. The van der Waals surface area contributed by atoms with Crippen LogP contribution < -0.4 is 16.0 Å². The Morgan fingerprint density at radius 2 is 0.727 bits per heavy atom. The lowest BCUT2D eigenvalue weighted by Gasteiger charge is -2.49. The van der Waals surface area contributed by atoms with Gasteiger partial charge in [-0.25, -0.2) is 43.2 Å². The van der Waals surface area contributed by atoms with E-state index in [2.05, 4.69) is 16.0 Å². The first-order valence-corrected chi connectivity index (χ1v) is 31.4. The van der Waals surface area contributed by atoms with E-state index >= 15 is 0 Å². The predicted molar refractivity (Wildman–Crippen MR) is 353 cm³/mol. The zero-order valence-corrected chi connectivity index (χ0v) is 53.6. The first kappa shape index (κ1) is 70.2. The van der Waals surface area contributed by atoms with Gasteiger partial charge < -0.3 is 72.8 Å². The Labute approximate surface area is 572 Å². The normalized spacial score (nSPS) is 20.3. The maximum atomic E-state index is 14.9. The minimum Gasteiger partial charge on any atom is -0.467 e. The number of thiocarbonyl (C=S) groups is 1. The van der Waals surface area contributed by atoms with Crippen molar-refractivity contribution in [3.05, 3.63) is 287 Å². The van der Waals surface area contributed by atoms with Gasteiger partial charge in [0.1, 0.15) is 44.2 Å². The Bertz CT molecular complexity index is 4040. The Balaban J connectivity index is 1.10. The van der Waals surface area contributed by atoms with E-state index in [0.29, 0.717) is 5.56 Å². The van der Waals surface area contributed by atoms with Crippen LogP contribution in [0, 0.1) is 0 Å². The molecule has 508 valence electrons. The van der Waals surface area contributed by atoms with Gasteiger partial charge in [-0.3, -0.25) is 0 Å². The third kappa shape index (κ3) is 19.3. The lowest BCUT2D eigenvalue weighted by atomic mass is 9.95. The summed E-state index contributed by atoms with van der Waals surface area (Å²) in [5, 5.41) is 7.85. The number of hydrogen-bond acceptors (Lipinski definition) is 22. The van der Waals surface area contributed by atoms with E-state index in [1.165, 1.54) is 84.9 Å². The molecule has 0 bridgehead atoms. The Morgan fingerprint density at radius 3 is 1.12 bits per heavy atom. The van der Waals surface area contributed by atoms with Crippen LogP contribution in [0.15, 0.2) is 243 Å². The van der Waals surface area contributed by atoms with Gasteiger partial charge in [-0.05, 0) is 103 Å². The van der Waals surface area contributed by atoms with Gasteiger partial charge in [-0.2, -0.15) is 0 Å². The fraction of sp³-hybridized carbons (Fsp3) is 0.216. The molecule has 2 fully saturated rings. The van der Waals surface area contributed by atoms with Crippen molar-refractivity contribution in [2.75, 3.05) is 26.9 Å². The van der Waals surface area contributed by atoms with Gasteiger partial charge >= 0.3 is 53.8 Å². The summed E-state index contributed by atoms with van der Waals surface area (Å²) in [6.45, 7) is -2.25. The summed E-state index contributed by atoms with van der Waals surface area (Å²) in [6, 6.07) is 60.9. The number of methoxy groups -OCH3 is 1. The Kier molecular flexibility index (Phi) is 24.7. The van der Waals surface area contributed by atoms with Crippen molar-refractivity contribution in [3.8, 4) is 0 Å². The quantitative estimate of drug-likeness (QED) is 0.0274. The smallest absolute Gasteiger partial charge is 0.408 e. The second-order valence-electron chi connectivity index (χ2n) is 22.0. The van der Waals surface area contributed by atoms with Gasteiger partial charge in [0.25, 0.3) is 0 Å². The predicted octanol–water partition coefficient (Wildman–Crippen LogP) is 8.60. The highest BCUT2D eigenvalue weighted by atomic mass is 32.1. The Morgan fingerprint density at radius 1 is 0.394 bits per heavy atom. The van der Waals surface area contributed by atoms with Gasteiger partial charge in [0.05, 0.1) is 46.1 Å². The largest absolute Gasteiger partial charge is 0.467 e. The third-order valence-corrected chi connectivity index (χ3v) is 15.5. The molecule has 6 unspecified atom stereocenters. The van der Waals surface area contributed by atoms with Crippen LogP contribution >= 0.6 is 12.2 Å². The number of esters is 8. The molecule has 8 aromatic carbocycles. The maximum absolute atomic E-state index is 14.9. The molecule has 2 aliphatic rings. The van der Waals surface area contributed by atoms with E-state index in [9.17, 15) is 43.2 Å². The molecule has 2 aliphatic heterocycles. The van der Waals surface area contributed by atoms with Crippen LogP contribution in [0.25, 0.3) is 0 Å². The zero-order chi connectivity index (χ0) is 69.5. The van der Waals surface area contributed by atoms with Crippen LogP contribution in [0.5, 0.6) is 0 Å². The molecule has 2 saturated heterocycles. The zero-order valence-electron chi connectivity index (χ0n) is 52.8. The van der Waals surface area contributed by atoms with Gasteiger partial charge in [0.15, 0.2) is 48.2 Å². The second kappa shape index (κ2) is 34.9. The van der Waals surface area contributed by atoms with Crippen LogP contribution in [0.1, 0.15) is 78.1 Å². The molecule has 0 radical (unpaired) electrons. The van der Waals surface area contributed by atoms with Crippen molar-refractivity contribution >= 4 is 71.2 Å². The van der Waals surface area contributed by atoms with E-state index in [4.69, 9.17) is 69.1 Å². The summed E-state index contributed by atoms with van der Waals surface area (Å²) in [4.78, 5) is 128. The molecule has 0 aromatic heterocycles. The number of ether oxygens (including phenoxy) is 12. The summed E-state index contributed by atoms with van der Waals surface area (Å²) in [5.74, 6) is -7.94. The third-order valence-electron chi connectivity index (χ3n) is 15.3. The SMILES string of the molecule is COC(=O)[C@H](CNC(=S)N[C@@H]1OC(COC(=O)c2ccccc2)[C@@H](O[C@@H]2OC(COC(=O)c3ccccc3)[C@H](OC(=O)c3ccccc3)C(OC(=O)c3ccccc3)C2OC(=O)c2ccccc2)C(OC(=O)c2ccccc2)C1OC(=O)c1ccccc1)NC(=O)OCc1ccccc1. The van der Waals surface area contributed by atoms with Gasteiger partial charge in [-0.15, -0.1) is 0 Å². The minimum absolute atomic E-state index is 0.00491. The summed E-state index contributed by atoms with van der Waals surface area (Å²) < 4.78 is 74.9. The maximum Gasteiger partial charge on any atom is 0.408 e. The highest BCUT2D eigenvalue weighted by molar-refractivity contribution is 7.80. The topological polar surface area (TPSA) is 300 Å². The van der Waals surface area contributed by atoms with Gasteiger partial charge in [-0.1, -0.05) is 158 Å². The van der Waals surface area contributed by atoms with Gasteiger partial charge in [0, 0.05) is 6.54 Å². The molecule has 0 spiro atoms. The number of rotatable bonds is 25. The van der Waals surface area contributed by atoms with Crippen molar-refractivity contribution in [1.82, 2.24) is 16.0 Å². The molecule has 10 rings (SSSR count). The minimum atomic E-state index is -2.17. The number of amides is 1. The molecule has 11 atom stereocenters. The van der Waals surface area contributed by atoms with Crippen molar-refractivity contribution < 1.29 is 100.0 Å². The fourth-order valence-electron chi connectivity index (χ4n) is 10.3. The van der Waals surface area contributed by atoms with E-state index in [1.54, 1.807) is 158 Å². The van der Waals surface area contributed by atoms with Crippen molar-refractivity contribution in [2.24, 2.45) is 0 Å². The van der Waals surface area contributed by atoms with Gasteiger partial charge in [0.2, 0.25) is 0 Å². The highest BCUT2D eigenvalue weighted by Crippen LogP contribution is 2.37. The number of carbonyl (C=O) groups excluding carboxylic acids is 9. The first-order valence-electron chi connectivity index (χ1n) is 31.0. The average molecular weight is 1360 g/mol. The second-order valence-corrected chi connectivity index (χ2v) is 22.4. The molecule has 99 heavy (non-hydrogen) atoms. The molecule has 0 saturated carbocycles. The average Bonchev–Trinajstić information content (AvgIpc) is 0.763. The van der Waals surface area contributed by atoms with Crippen LogP contribution in [-0.4, -0.2) is 153 Å². The lowest BCUT2D eigenvalue weighted by Crippen LogP contribution is -2.69. The summed E-state index contributed by atoms with van der Waals surface area (Å²) >= 11 is 5.83. The molecule has 8 aromatic rings. The van der Waals surface area contributed by atoms with Crippen molar-refractivity contribution in [2.45, 2.75) is 74.0 Å². The van der Waals surface area contributed by atoms with Crippen LogP contribution in [-0.2, 0) is 68.2 Å². The van der Waals surface area contributed by atoms with E-state index in [0.717, 1.165) is 7.11 Å². The van der Waals surface area contributed by atoms with Crippen molar-refractivity contribution in [3.63, 3.8) is 0 Å². The number of hydrogen-bond donors (Lipinski definition) is 3. The van der Waals surface area contributed by atoms with E-state index in [-0.39, 0.29) is 50.7 Å². The molecule has 0 aliphatic carbocycles. The number of alkyl carbamates (subject to hydrolysis) is 1. The first-order chi connectivity index (χ1) is 48.2. The van der Waals surface area contributed by atoms with E-state index < -0.39 is 141 Å². The van der Waals surface area contributed by atoms with E-state index in [1.807, 2.05) is 0 Å². The highest BCUT2D eigenvalue weighted by Gasteiger charge is 2.58. The number of carbonyl (C=O) groups is 9. The molecule has 1 amide bonds. The van der Waals surface area contributed by atoms with Crippen LogP contribution in [0.4, 0.5) is 4.79 Å². The molecule has 24 nitrogen and oxygen atoms in total. The van der Waals surface area contributed by atoms with Crippen molar-refractivity contribution in [1.29, 1.82) is 0 Å². The number of benzene rings is 8. The molecule has 2 heterocycles. The monoisotopic (exact) mass is 1360 g/mol. The molecular weight excluding hydrogens is 1300 g/mol. The lowest BCUT2D eigenvalue weighted by molar-refractivity contribution is -0.339. The molecule has 25 heteroatoms.